The predicted octanol–water partition coefficient (Wildman–Crippen LogP) is 2.01. The van der Waals surface area contributed by atoms with Crippen LogP contribution in [0.25, 0.3) is 0 Å². The summed E-state index contributed by atoms with van der Waals surface area (Å²) in [7, 11) is 1.55. The molecule has 1 amide bonds. The molecule has 2 rings (SSSR count). The molecule has 0 aromatic heterocycles. The third-order valence-electron chi connectivity index (χ3n) is 2.30. The van der Waals surface area contributed by atoms with Gasteiger partial charge in [-0.3, -0.25) is 15.1 Å². The van der Waals surface area contributed by atoms with Gasteiger partial charge in [0.1, 0.15) is 0 Å². The molecule has 0 radical (unpaired) electrons. The van der Waals surface area contributed by atoms with Crippen LogP contribution in [0.1, 0.15) is 12.8 Å². The second kappa shape index (κ2) is 4.31. The number of hydrogen-bond acceptors (Lipinski definition) is 3. The van der Waals surface area contributed by atoms with Crippen LogP contribution in [0.4, 0.5) is 11.4 Å². The van der Waals surface area contributed by atoms with E-state index in [4.69, 9.17) is 4.84 Å². The third-order valence-corrected chi connectivity index (χ3v) is 2.30. The lowest BCUT2D eigenvalue weighted by Crippen LogP contribution is -2.13. The average molecular weight is 206 g/mol. The molecule has 1 aromatic rings. The summed E-state index contributed by atoms with van der Waals surface area (Å²) in [6, 6.07) is 7.44. The van der Waals surface area contributed by atoms with Crippen molar-refractivity contribution in [3.8, 4) is 0 Å². The molecule has 0 unspecified atom stereocenters. The minimum absolute atomic E-state index is 0.115. The Bertz CT molecular complexity index is 361. The first-order valence-electron chi connectivity index (χ1n) is 4.99. The van der Waals surface area contributed by atoms with Crippen molar-refractivity contribution in [2.24, 2.45) is 5.92 Å². The minimum atomic E-state index is 0.115. The maximum Gasteiger partial charge on any atom is 0.227 e. The summed E-state index contributed by atoms with van der Waals surface area (Å²) in [5.41, 5.74) is 4.34. The van der Waals surface area contributed by atoms with Gasteiger partial charge >= 0.3 is 0 Å². The van der Waals surface area contributed by atoms with Gasteiger partial charge < -0.3 is 5.32 Å². The Kier molecular flexibility index (Phi) is 2.87. The number of nitrogens with one attached hydrogen (secondary N) is 2. The average Bonchev–Trinajstić information content (AvgIpc) is 3.01. The van der Waals surface area contributed by atoms with Gasteiger partial charge in [0.2, 0.25) is 5.91 Å². The Morgan fingerprint density at radius 2 is 2.13 bits per heavy atom. The van der Waals surface area contributed by atoms with E-state index in [1.165, 1.54) is 0 Å². The number of amides is 1. The fraction of sp³-hybridized carbons (Fsp3) is 0.364. The van der Waals surface area contributed by atoms with Gasteiger partial charge in [0, 0.05) is 11.6 Å². The van der Waals surface area contributed by atoms with Crippen LogP contribution in [-0.4, -0.2) is 13.0 Å². The van der Waals surface area contributed by atoms with Crippen molar-refractivity contribution in [1.82, 2.24) is 0 Å². The van der Waals surface area contributed by atoms with Gasteiger partial charge in [-0.25, -0.2) is 0 Å². The normalized spacial score (nSPS) is 14.7. The number of hydrogen-bond donors (Lipinski definition) is 2. The zero-order valence-electron chi connectivity index (χ0n) is 8.62. The van der Waals surface area contributed by atoms with Crippen molar-refractivity contribution in [3.63, 3.8) is 0 Å². The second-order valence-corrected chi connectivity index (χ2v) is 3.65. The Hall–Kier alpha value is -1.55. The molecule has 2 N–H and O–H groups in total. The van der Waals surface area contributed by atoms with E-state index in [0.29, 0.717) is 0 Å². The van der Waals surface area contributed by atoms with Crippen LogP contribution in [0.5, 0.6) is 0 Å². The Labute approximate surface area is 88.6 Å². The molecule has 0 bridgehead atoms. The molecule has 0 spiro atoms. The largest absolute Gasteiger partial charge is 0.326 e. The number of carbonyl (C=O) groups excluding carboxylic acids is 1. The molecule has 1 aliphatic carbocycles. The van der Waals surface area contributed by atoms with E-state index in [2.05, 4.69) is 10.8 Å². The van der Waals surface area contributed by atoms with Crippen LogP contribution in [0.2, 0.25) is 0 Å². The molecule has 15 heavy (non-hydrogen) atoms. The van der Waals surface area contributed by atoms with Crippen molar-refractivity contribution in [2.45, 2.75) is 12.8 Å². The summed E-state index contributed by atoms with van der Waals surface area (Å²) in [6.07, 6.45) is 2.03. The first kappa shape index (κ1) is 9.98. The van der Waals surface area contributed by atoms with E-state index in [1.807, 2.05) is 24.3 Å². The zero-order valence-corrected chi connectivity index (χ0v) is 8.62. The maximum absolute atomic E-state index is 11.5. The topological polar surface area (TPSA) is 50.4 Å². The van der Waals surface area contributed by atoms with E-state index in [0.717, 1.165) is 24.2 Å². The zero-order chi connectivity index (χ0) is 10.7. The van der Waals surface area contributed by atoms with Crippen molar-refractivity contribution in [2.75, 3.05) is 17.9 Å². The summed E-state index contributed by atoms with van der Waals surface area (Å²) in [5.74, 6) is 0.341. The highest BCUT2D eigenvalue weighted by molar-refractivity contribution is 5.94. The van der Waals surface area contributed by atoms with Crippen molar-refractivity contribution >= 4 is 17.3 Å². The summed E-state index contributed by atoms with van der Waals surface area (Å²) in [6.45, 7) is 0. The molecule has 4 nitrogen and oxygen atoms in total. The molecule has 1 saturated carbocycles. The van der Waals surface area contributed by atoms with Crippen LogP contribution in [-0.2, 0) is 9.63 Å². The van der Waals surface area contributed by atoms with Gasteiger partial charge in [-0.15, -0.1) is 0 Å². The summed E-state index contributed by atoms with van der Waals surface area (Å²) >= 11 is 0. The van der Waals surface area contributed by atoms with Gasteiger partial charge in [0.15, 0.2) is 0 Å². The summed E-state index contributed by atoms with van der Waals surface area (Å²) in [4.78, 5) is 16.3. The number of rotatable bonds is 4. The van der Waals surface area contributed by atoms with Crippen LogP contribution in [0, 0.1) is 5.92 Å². The van der Waals surface area contributed by atoms with Crippen LogP contribution in [0.15, 0.2) is 24.3 Å². The highest BCUT2D eigenvalue weighted by Gasteiger charge is 2.29. The highest BCUT2D eigenvalue weighted by atomic mass is 16.6. The van der Waals surface area contributed by atoms with Crippen molar-refractivity contribution < 1.29 is 9.63 Å². The SMILES string of the molecule is CONc1cccc(NC(=O)C2CC2)c1. The van der Waals surface area contributed by atoms with Crippen molar-refractivity contribution in [3.05, 3.63) is 24.3 Å². The second-order valence-electron chi connectivity index (χ2n) is 3.65. The van der Waals surface area contributed by atoms with Crippen molar-refractivity contribution in [1.29, 1.82) is 0 Å². The summed E-state index contributed by atoms with van der Waals surface area (Å²) in [5, 5.41) is 2.87. The molecule has 0 heterocycles. The lowest BCUT2D eigenvalue weighted by molar-refractivity contribution is -0.117. The predicted molar refractivity (Wildman–Crippen MR) is 58.4 cm³/mol. The van der Waals surface area contributed by atoms with E-state index >= 15 is 0 Å². The quantitative estimate of drug-likeness (QED) is 0.741. The fourth-order valence-electron chi connectivity index (χ4n) is 1.37. The third kappa shape index (κ3) is 2.70. The minimum Gasteiger partial charge on any atom is -0.326 e. The Morgan fingerprint density at radius 3 is 2.80 bits per heavy atom. The van der Waals surface area contributed by atoms with Gasteiger partial charge in [0.05, 0.1) is 12.8 Å². The lowest BCUT2D eigenvalue weighted by atomic mass is 10.2. The first-order chi connectivity index (χ1) is 7.29. The van der Waals surface area contributed by atoms with Gasteiger partial charge in [-0.1, -0.05) is 6.07 Å². The van der Waals surface area contributed by atoms with E-state index in [9.17, 15) is 4.79 Å². The standard InChI is InChI=1S/C11H14N2O2/c1-15-13-10-4-2-3-9(7-10)12-11(14)8-5-6-8/h2-4,7-8,13H,5-6H2,1H3,(H,12,14). The molecule has 0 atom stereocenters. The fourth-order valence-corrected chi connectivity index (χ4v) is 1.37. The number of benzene rings is 1. The Balaban J connectivity index is 2.00. The molecule has 1 aromatic carbocycles. The maximum atomic E-state index is 11.5. The van der Waals surface area contributed by atoms with Crippen LogP contribution in [0.3, 0.4) is 0 Å². The Morgan fingerprint density at radius 1 is 1.40 bits per heavy atom. The van der Waals surface area contributed by atoms with Gasteiger partial charge in [0.25, 0.3) is 0 Å². The molecular formula is C11H14N2O2. The number of anilines is 2. The smallest absolute Gasteiger partial charge is 0.227 e. The van der Waals surface area contributed by atoms with Crippen LogP contribution < -0.4 is 10.8 Å². The van der Waals surface area contributed by atoms with Gasteiger partial charge in [-0.2, -0.15) is 0 Å². The van der Waals surface area contributed by atoms with Gasteiger partial charge in [-0.05, 0) is 31.0 Å². The first-order valence-corrected chi connectivity index (χ1v) is 4.99. The molecule has 1 fully saturated rings. The molecular weight excluding hydrogens is 192 g/mol. The van der Waals surface area contributed by atoms with E-state index < -0.39 is 0 Å². The molecule has 0 aliphatic heterocycles. The monoisotopic (exact) mass is 206 g/mol. The van der Waals surface area contributed by atoms with E-state index in [1.54, 1.807) is 7.11 Å². The summed E-state index contributed by atoms with van der Waals surface area (Å²) < 4.78 is 0. The molecule has 4 heteroatoms. The lowest BCUT2D eigenvalue weighted by Gasteiger charge is -2.07. The van der Waals surface area contributed by atoms with E-state index in [-0.39, 0.29) is 11.8 Å². The molecule has 80 valence electrons. The molecule has 0 saturated heterocycles. The number of carbonyl (C=O) groups is 1. The molecule has 1 aliphatic rings. The van der Waals surface area contributed by atoms with Crippen LogP contribution >= 0.6 is 0 Å². The highest BCUT2D eigenvalue weighted by Crippen LogP contribution is 2.30.